The molecule has 1 aliphatic rings. The highest BCUT2D eigenvalue weighted by atomic mass is 32.1. The summed E-state index contributed by atoms with van der Waals surface area (Å²) in [5, 5.41) is 11.1. The number of thiophene rings is 2. The topological polar surface area (TPSA) is 38.3 Å². The average Bonchev–Trinajstić information content (AvgIpc) is 3.50. The molecule has 28 heavy (non-hydrogen) atoms. The highest BCUT2D eigenvalue weighted by Crippen LogP contribution is 2.49. The van der Waals surface area contributed by atoms with Crippen LogP contribution in [0, 0.1) is 0 Å². The number of carbonyl (C=O) groups excluding carboxylic acids is 1. The van der Waals surface area contributed by atoms with Crippen LogP contribution in [0.2, 0.25) is 0 Å². The summed E-state index contributed by atoms with van der Waals surface area (Å²) in [5.41, 5.74) is 1.22. The third-order valence-electron chi connectivity index (χ3n) is 5.13. The smallest absolute Gasteiger partial charge is 0.264 e. The number of carbonyl (C=O) groups is 1. The lowest BCUT2D eigenvalue weighted by atomic mass is 9.89. The summed E-state index contributed by atoms with van der Waals surface area (Å²) in [6.07, 6.45) is 0. The lowest BCUT2D eigenvalue weighted by molar-refractivity contribution is -0.132. The van der Waals surface area contributed by atoms with E-state index in [4.69, 9.17) is 4.74 Å². The zero-order valence-corrected chi connectivity index (χ0v) is 16.5. The van der Waals surface area contributed by atoms with E-state index in [9.17, 15) is 4.79 Å². The van der Waals surface area contributed by atoms with E-state index in [1.165, 1.54) is 0 Å². The lowest BCUT2D eigenvalue weighted by Crippen LogP contribution is -2.41. The summed E-state index contributed by atoms with van der Waals surface area (Å²) in [6, 6.07) is 23.7. The van der Waals surface area contributed by atoms with E-state index in [0.29, 0.717) is 0 Å². The normalized spacial score (nSPS) is 17.4. The molecule has 3 nitrogen and oxygen atoms in total. The van der Waals surface area contributed by atoms with E-state index in [-0.39, 0.29) is 5.91 Å². The molecule has 3 heterocycles. The van der Waals surface area contributed by atoms with Gasteiger partial charge in [-0.1, -0.05) is 60.7 Å². The molecule has 4 aromatic rings. The summed E-state index contributed by atoms with van der Waals surface area (Å²) in [5.74, 6) is -0.156. The van der Waals surface area contributed by atoms with Gasteiger partial charge in [0.1, 0.15) is 0 Å². The van der Waals surface area contributed by atoms with Gasteiger partial charge in [-0.3, -0.25) is 4.79 Å². The Labute approximate surface area is 171 Å². The second kappa shape index (κ2) is 6.71. The number of hydrogen-bond donors (Lipinski definition) is 1. The Morgan fingerprint density at radius 3 is 1.61 bits per heavy atom. The van der Waals surface area contributed by atoms with Gasteiger partial charge >= 0.3 is 0 Å². The Kier molecular flexibility index (Phi) is 4.16. The van der Waals surface area contributed by atoms with Crippen molar-refractivity contribution >= 4 is 28.6 Å². The zero-order chi connectivity index (χ0) is 19.0. The van der Waals surface area contributed by atoms with Crippen molar-refractivity contribution in [1.82, 2.24) is 5.32 Å². The van der Waals surface area contributed by atoms with Gasteiger partial charge in [-0.25, -0.2) is 0 Å². The van der Waals surface area contributed by atoms with E-state index in [1.807, 2.05) is 94.3 Å². The van der Waals surface area contributed by atoms with Gasteiger partial charge in [0.05, 0.1) is 0 Å². The van der Waals surface area contributed by atoms with Gasteiger partial charge < -0.3 is 10.1 Å². The average molecular weight is 404 g/mol. The highest BCUT2D eigenvalue weighted by Gasteiger charge is 2.59. The standard InChI is InChI=1S/C23H17NO2S2/c25-21-22(19-11-13-27-15-19,20-12-14-28-16-20)26-23(24-21,17-7-3-1-4-8-17)18-9-5-2-6-10-18/h1-16H,(H,24,25). The molecule has 1 N–H and O–H groups in total. The minimum Gasteiger partial charge on any atom is -0.321 e. The molecular weight excluding hydrogens is 386 g/mol. The molecule has 0 bridgehead atoms. The Balaban J connectivity index is 1.77. The first-order valence-electron chi connectivity index (χ1n) is 8.95. The Bertz CT molecular complexity index is 1000. The van der Waals surface area contributed by atoms with Crippen molar-refractivity contribution in [3.63, 3.8) is 0 Å². The van der Waals surface area contributed by atoms with Gasteiger partial charge in [0.2, 0.25) is 5.60 Å². The predicted octanol–water partition coefficient (Wildman–Crippen LogP) is 5.10. The molecule has 1 fully saturated rings. The van der Waals surface area contributed by atoms with Gasteiger partial charge in [-0.2, -0.15) is 22.7 Å². The van der Waals surface area contributed by atoms with Crippen molar-refractivity contribution < 1.29 is 9.53 Å². The molecule has 1 saturated heterocycles. The molecule has 0 unspecified atom stereocenters. The molecule has 2 aromatic heterocycles. The summed E-state index contributed by atoms with van der Waals surface area (Å²) in [7, 11) is 0. The number of rotatable bonds is 4. The third kappa shape index (κ3) is 2.48. The molecular formula is C23H17NO2S2. The van der Waals surface area contributed by atoms with Gasteiger partial charge in [0.15, 0.2) is 5.72 Å². The number of amides is 1. The maximum absolute atomic E-state index is 13.6. The van der Waals surface area contributed by atoms with Crippen LogP contribution in [0.4, 0.5) is 0 Å². The van der Waals surface area contributed by atoms with Crippen LogP contribution in [-0.2, 0) is 20.9 Å². The van der Waals surface area contributed by atoms with Crippen LogP contribution in [0.15, 0.2) is 94.3 Å². The van der Waals surface area contributed by atoms with E-state index in [2.05, 4.69) is 5.32 Å². The SMILES string of the molecule is O=C1NC(c2ccccc2)(c2ccccc2)OC1(c1ccsc1)c1ccsc1. The van der Waals surface area contributed by atoms with Crippen molar-refractivity contribution in [2.75, 3.05) is 0 Å². The molecule has 2 aromatic carbocycles. The third-order valence-corrected chi connectivity index (χ3v) is 6.50. The Hall–Kier alpha value is -2.73. The van der Waals surface area contributed by atoms with Crippen LogP contribution in [-0.4, -0.2) is 5.91 Å². The minimum atomic E-state index is -1.19. The van der Waals surface area contributed by atoms with Crippen molar-refractivity contribution in [1.29, 1.82) is 0 Å². The van der Waals surface area contributed by atoms with Crippen molar-refractivity contribution in [2.24, 2.45) is 0 Å². The lowest BCUT2D eigenvalue weighted by Gasteiger charge is -2.33. The molecule has 1 aliphatic heterocycles. The maximum Gasteiger partial charge on any atom is 0.264 e. The molecule has 0 saturated carbocycles. The van der Waals surface area contributed by atoms with Crippen LogP contribution >= 0.6 is 22.7 Å². The monoisotopic (exact) mass is 403 g/mol. The van der Waals surface area contributed by atoms with Gasteiger partial charge in [-0.15, -0.1) is 0 Å². The van der Waals surface area contributed by atoms with E-state index in [1.54, 1.807) is 22.7 Å². The summed E-state index contributed by atoms with van der Waals surface area (Å²) < 4.78 is 6.86. The van der Waals surface area contributed by atoms with Crippen molar-refractivity contribution in [3.8, 4) is 0 Å². The van der Waals surface area contributed by atoms with Gasteiger partial charge in [-0.05, 0) is 33.7 Å². The fourth-order valence-corrected chi connectivity index (χ4v) is 5.19. The Morgan fingerprint density at radius 1 is 0.679 bits per heavy atom. The number of nitrogens with one attached hydrogen (secondary N) is 1. The van der Waals surface area contributed by atoms with Gasteiger partial charge in [0, 0.05) is 22.3 Å². The molecule has 0 radical (unpaired) electrons. The largest absolute Gasteiger partial charge is 0.321 e. The molecule has 0 aliphatic carbocycles. The minimum absolute atomic E-state index is 0.156. The number of ether oxygens (including phenoxy) is 1. The molecule has 1 amide bonds. The molecule has 5 heteroatoms. The van der Waals surface area contributed by atoms with Crippen molar-refractivity contribution in [2.45, 2.75) is 11.3 Å². The first-order chi connectivity index (χ1) is 13.8. The summed E-state index contributed by atoms with van der Waals surface area (Å²) in [6.45, 7) is 0. The van der Waals surface area contributed by atoms with Crippen LogP contribution in [0.1, 0.15) is 22.3 Å². The van der Waals surface area contributed by atoms with E-state index >= 15 is 0 Å². The Morgan fingerprint density at radius 2 is 1.18 bits per heavy atom. The predicted molar refractivity (Wildman–Crippen MR) is 112 cm³/mol. The second-order valence-corrected chi connectivity index (χ2v) is 8.23. The quantitative estimate of drug-likeness (QED) is 0.515. The summed E-state index contributed by atoms with van der Waals surface area (Å²) >= 11 is 3.12. The molecule has 0 atom stereocenters. The summed E-state index contributed by atoms with van der Waals surface area (Å²) in [4.78, 5) is 13.6. The number of benzene rings is 2. The fourth-order valence-electron chi connectivity index (χ4n) is 3.80. The fraction of sp³-hybridized carbons (Fsp3) is 0.0870. The van der Waals surface area contributed by atoms with E-state index in [0.717, 1.165) is 22.3 Å². The van der Waals surface area contributed by atoms with Crippen LogP contribution in [0.3, 0.4) is 0 Å². The molecule has 5 rings (SSSR count). The van der Waals surface area contributed by atoms with Crippen LogP contribution in [0.5, 0.6) is 0 Å². The molecule has 0 spiro atoms. The van der Waals surface area contributed by atoms with Crippen LogP contribution in [0.25, 0.3) is 0 Å². The second-order valence-electron chi connectivity index (χ2n) is 6.67. The number of hydrogen-bond acceptors (Lipinski definition) is 4. The first-order valence-corrected chi connectivity index (χ1v) is 10.8. The van der Waals surface area contributed by atoms with Gasteiger partial charge in [0.25, 0.3) is 5.91 Å². The first kappa shape index (κ1) is 17.4. The van der Waals surface area contributed by atoms with Crippen molar-refractivity contribution in [3.05, 3.63) is 117 Å². The highest BCUT2D eigenvalue weighted by molar-refractivity contribution is 7.08. The van der Waals surface area contributed by atoms with E-state index < -0.39 is 11.3 Å². The maximum atomic E-state index is 13.6. The van der Waals surface area contributed by atoms with Crippen LogP contribution < -0.4 is 5.32 Å². The zero-order valence-electron chi connectivity index (χ0n) is 14.9. The molecule has 138 valence electrons.